The van der Waals surface area contributed by atoms with E-state index in [4.69, 9.17) is 11.6 Å². The molecule has 0 aliphatic carbocycles. The number of benzene rings is 2. The second-order valence-electron chi connectivity index (χ2n) is 5.26. The van der Waals surface area contributed by atoms with Gasteiger partial charge < -0.3 is 4.57 Å². The van der Waals surface area contributed by atoms with Crippen molar-refractivity contribution in [1.82, 2.24) is 4.57 Å². The van der Waals surface area contributed by atoms with Gasteiger partial charge in [-0.2, -0.15) is 0 Å². The number of hydrogen-bond acceptors (Lipinski definition) is 1. The Bertz CT molecular complexity index is 818. The molecule has 0 fully saturated rings. The van der Waals surface area contributed by atoms with Crippen LogP contribution in [0.5, 0.6) is 0 Å². The van der Waals surface area contributed by atoms with Gasteiger partial charge in [0.05, 0.1) is 11.1 Å². The third kappa shape index (κ3) is 2.36. The lowest BCUT2D eigenvalue weighted by Crippen LogP contribution is -2.01. The zero-order valence-corrected chi connectivity index (χ0v) is 12.8. The highest BCUT2D eigenvalue weighted by Gasteiger charge is 2.19. The van der Waals surface area contributed by atoms with Crippen LogP contribution < -0.4 is 0 Å². The van der Waals surface area contributed by atoms with Crippen molar-refractivity contribution in [1.29, 1.82) is 0 Å². The van der Waals surface area contributed by atoms with Crippen molar-refractivity contribution in [2.45, 2.75) is 20.4 Å². The van der Waals surface area contributed by atoms with Gasteiger partial charge in [-0.15, -0.1) is 0 Å². The zero-order valence-electron chi connectivity index (χ0n) is 12.1. The quantitative estimate of drug-likeness (QED) is 0.633. The molecule has 3 heteroatoms. The smallest absolute Gasteiger partial charge is 0.163 e. The van der Waals surface area contributed by atoms with E-state index in [1.54, 1.807) is 6.92 Å². The number of hydrogen-bond donors (Lipinski definition) is 0. The highest BCUT2D eigenvalue weighted by atomic mass is 35.5. The number of rotatable bonds is 3. The topological polar surface area (TPSA) is 22.0 Å². The molecule has 21 heavy (non-hydrogen) atoms. The minimum absolute atomic E-state index is 0.00223. The number of Topliss-reactive ketones (excluding diaryl/α,β-unsaturated/α-hetero) is 1. The van der Waals surface area contributed by atoms with Crippen LogP contribution in [0.2, 0.25) is 5.15 Å². The molecule has 106 valence electrons. The molecule has 0 unspecified atom stereocenters. The van der Waals surface area contributed by atoms with Crippen molar-refractivity contribution in [2.24, 2.45) is 0 Å². The Morgan fingerprint density at radius 3 is 2.48 bits per heavy atom. The van der Waals surface area contributed by atoms with E-state index in [1.807, 2.05) is 47.9 Å². The third-order valence-electron chi connectivity index (χ3n) is 3.76. The standard InChI is InChI=1S/C18H16ClNO/c1-12-7-6-10-15-16(13(2)21)18(19)20(17(12)15)11-14-8-4-3-5-9-14/h3-10H,11H2,1-2H3. The average Bonchev–Trinajstić information content (AvgIpc) is 2.74. The summed E-state index contributed by atoms with van der Waals surface area (Å²) in [6.07, 6.45) is 0. The van der Waals surface area contributed by atoms with Gasteiger partial charge in [0.1, 0.15) is 5.15 Å². The number of aromatic nitrogens is 1. The van der Waals surface area contributed by atoms with E-state index < -0.39 is 0 Å². The molecule has 0 aliphatic rings. The molecule has 0 radical (unpaired) electrons. The van der Waals surface area contributed by atoms with Crippen molar-refractivity contribution in [3.05, 3.63) is 70.4 Å². The fraction of sp³-hybridized carbons (Fsp3) is 0.167. The van der Waals surface area contributed by atoms with Crippen LogP contribution >= 0.6 is 11.6 Å². The molecular formula is C18H16ClNO. The molecule has 1 aromatic heterocycles. The molecule has 0 amide bonds. The lowest BCUT2D eigenvalue weighted by Gasteiger charge is -2.09. The predicted octanol–water partition coefficient (Wildman–Crippen LogP) is 4.85. The van der Waals surface area contributed by atoms with Crippen molar-refractivity contribution >= 4 is 28.3 Å². The molecule has 0 bridgehead atoms. The van der Waals surface area contributed by atoms with Gasteiger partial charge in [0.25, 0.3) is 0 Å². The first-order valence-electron chi connectivity index (χ1n) is 6.91. The Balaban J connectivity index is 2.27. The van der Waals surface area contributed by atoms with Crippen LogP contribution in [0.25, 0.3) is 10.9 Å². The van der Waals surface area contributed by atoms with Gasteiger partial charge in [-0.3, -0.25) is 4.79 Å². The van der Waals surface area contributed by atoms with Gasteiger partial charge in [-0.05, 0) is 25.0 Å². The molecule has 1 heterocycles. The second kappa shape index (κ2) is 5.38. The highest BCUT2D eigenvalue weighted by Crippen LogP contribution is 2.33. The first kappa shape index (κ1) is 13.9. The maximum absolute atomic E-state index is 12.0. The Morgan fingerprint density at radius 2 is 1.81 bits per heavy atom. The van der Waals surface area contributed by atoms with Crippen LogP contribution in [-0.4, -0.2) is 10.4 Å². The third-order valence-corrected chi connectivity index (χ3v) is 4.15. The normalized spacial score (nSPS) is 11.0. The fourth-order valence-corrected chi connectivity index (χ4v) is 3.19. The van der Waals surface area contributed by atoms with Crippen LogP contribution in [-0.2, 0) is 6.54 Å². The molecule has 0 N–H and O–H groups in total. The summed E-state index contributed by atoms with van der Waals surface area (Å²) in [5.41, 5.74) is 3.94. The first-order chi connectivity index (χ1) is 10.1. The lowest BCUT2D eigenvalue weighted by atomic mass is 10.1. The summed E-state index contributed by atoms with van der Waals surface area (Å²) in [6, 6.07) is 16.1. The zero-order chi connectivity index (χ0) is 15.0. The van der Waals surface area contributed by atoms with E-state index in [0.717, 1.165) is 22.0 Å². The number of nitrogens with zero attached hydrogens (tertiary/aromatic N) is 1. The number of halogens is 1. The molecular weight excluding hydrogens is 282 g/mol. The summed E-state index contributed by atoms with van der Waals surface area (Å²) in [6.45, 7) is 4.27. The van der Waals surface area contributed by atoms with Crippen molar-refractivity contribution in [2.75, 3.05) is 0 Å². The minimum atomic E-state index is 0.00223. The number of fused-ring (bicyclic) bond motifs is 1. The number of aryl methyl sites for hydroxylation is 1. The van der Waals surface area contributed by atoms with Gasteiger partial charge in [0.15, 0.2) is 5.78 Å². The Labute approximate surface area is 129 Å². The summed E-state index contributed by atoms with van der Waals surface area (Å²) in [5, 5.41) is 1.46. The number of ketones is 1. The largest absolute Gasteiger partial charge is 0.326 e. The Morgan fingerprint density at radius 1 is 1.10 bits per heavy atom. The number of carbonyl (C=O) groups excluding carboxylic acids is 1. The maximum atomic E-state index is 12.0. The molecule has 0 aliphatic heterocycles. The van der Waals surface area contributed by atoms with E-state index in [2.05, 4.69) is 12.1 Å². The summed E-state index contributed by atoms with van der Waals surface area (Å²) in [4.78, 5) is 12.0. The fourth-order valence-electron chi connectivity index (χ4n) is 2.81. The molecule has 0 saturated heterocycles. The van der Waals surface area contributed by atoms with Crippen LogP contribution in [0.4, 0.5) is 0 Å². The van der Waals surface area contributed by atoms with Crippen molar-refractivity contribution < 1.29 is 4.79 Å². The highest BCUT2D eigenvalue weighted by molar-refractivity contribution is 6.35. The molecule has 0 spiro atoms. The second-order valence-corrected chi connectivity index (χ2v) is 5.62. The minimum Gasteiger partial charge on any atom is -0.326 e. The summed E-state index contributed by atoms with van der Waals surface area (Å²) in [7, 11) is 0. The van der Waals surface area contributed by atoms with Gasteiger partial charge in [-0.25, -0.2) is 0 Å². The summed E-state index contributed by atoms with van der Waals surface area (Å²) >= 11 is 6.51. The lowest BCUT2D eigenvalue weighted by molar-refractivity contribution is 0.101. The van der Waals surface area contributed by atoms with Gasteiger partial charge >= 0.3 is 0 Å². The SMILES string of the molecule is CC(=O)c1c(Cl)n(Cc2ccccc2)c2c(C)cccc12. The molecule has 2 nitrogen and oxygen atoms in total. The summed E-state index contributed by atoms with van der Waals surface area (Å²) < 4.78 is 2.03. The van der Waals surface area contributed by atoms with Gasteiger partial charge in [0.2, 0.25) is 0 Å². The maximum Gasteiger partial charge on any atom is 0.163 e. The monoisotopic (exact) mass is 297 g/mol. The number of para-hydroxylation sites is 1. The predicted molar refractivity (Wildman–Crippen MR) is 87.2 cm³/mol. The van der Waals surface area contributed by atoms with Crippen LogP contribution in [0.1, 0.15) is 28.4 Å². The van der Waals surface area contributed by atoms with Crippen molar-refractivity contribution in [3.8, 4) is 0 Å². The van der Waals surface area contributed by atoms with E-state index in [9.17, 15) is 4.79 Å². The Hall–Kier alpha value is -2.06. The van der Waals surface area contributed by atoms with E-state index >= 15 is 0 Å². The number of carbonyl (C=O) groups is 1. The molecule has 0 atom stereocenters. The van der Waals surface area contributed by atoms with Crippen molar-refractivity contribution in [3.63, 3.8) is 0 Å². The summed E-state index contributed by atoms with van der Waals surface area (Å²) in [5.74, 6) is 0.00223. The molecule has 0 saturated carbocycles. The molecule has 3 rings (SSSR count). The Kier molecular flexibility index (Phi) is 3.56. The van der Waals surface area contributed by atoms with E-state index in [0.29, 0.717) is 17.3 Å². The molecule has 3 aromatic rings. The van der Waals surface area contributed by atoms with E-state index in [-0.39, 0.29) is 5.78 Å². The van der Waals surface area contributed by atoms with Crippen LogP contribution in [0.15, 0.2) is 48.5 Å². The first-order valence-corrected chi connectivity index (χ1v) is 7.29. The molecule has 2 aromatic carbocycles. The van der Waals surface area contributed by atoms with Crippen LogP contribution in [0.3, 0.4) is 0 Å². The van der Waals surface area contributed by atoms with Crippen LogP contribution in [0, 0.1) is 6.92 Å². The van der Waals surface area contributed by atoms with Gasteiger partial charge in [-0.1, -0.05) is 60.1 Å². The van der Waals surface area contributed by atoms with Gasteiger partial charge in [0, 0.05) is 11.9 Å². The average molecular weight is 298 g/mol. The van der Waals surface area contributed by atoms with E-state index in [1.165, 1.54) is 0 Å².